The van der Waals surface area contributed by atoms with Gasteiger partial charge in [0, 0.05) is 25.2 Å². The topological polar surface area (TPSA) is 69.6 Å². The molecule has 0 aromatic heterocycles. The average Bonchev–Trinajstić information content (AvgIpc) is 2.52. The Morgan fingerprint density at radius 1 is 1.32 bits per heavy atom. The van der Waals surface area contributed by atoms with Gasteiger partial charge < -0.3 is 15.3 Å². The predicted molar refractivity (Wildman–Crippen MR) is 86.3 cm³/mol. The molecule has 1 aromatic rings. The standard InChI is InChI=1S/C17H21F3N2O3/c1-11-7-13(15(23)24)10-22(9-11)16(25)21-14-4-2-3-12(8-14)5-6-17(18,19)20/h2-4,8,11,13H,5-7,9-10H2,1H3,(H,21,25)(H,23,24). The molecule has 2 atom stereocenters. The molecule has 138 valence electrons. The van der Waals surface area contributed by atoms with E-state index < -0.39 is 30.5 Å². The van der Waals surface area contributed by atoms with Gasteiger partial charge in [0.15, 0.2) is 0 Å². The maximum absolute atomic E-state index is 12.4. The van der Waals surface area contributed by atoms with E-state index in [0.29, 0.717) is 24.2 Å². The highest BCUT2D eigenvalue weighted by Gasteiger charge is 2.32. The lowest BCUT2D eigenvalue weighted by molar-refractivity contribution is -0.143. The summed E-state index contributed by atoms with van der Waals surface area (Å²) in [6.45, 7) is 2.45. The fourth-order valence-electron chi connectivity index (χ4n) is 2.99. The third-order valence-electron chi connectivity index (χ3n) is 4.17. The van der Waals surface area contributed by atoms with Crippen LogP contribution in [0.4, 0.5) is 23.7 Å². The van der Waals surface area contributed by atoms with Gasteiger partial charge in [-0.1, -0.05) is 19.1 Å². The van der Waals surface area contributed by atoms with E-state index >= 15 is 0 Å². The van der Waals surface area contributed by atoms with Crippen molar-refractivity contribution in [2.45, 2.75) is 32.4 Å². The number of halogens is 3. The van der Waals surface area contributed by atoms with E-state index in [1.807, 2.05) is 6.92 Å². The van der Waals surface area contributed by atoms with Crippen molar-refractivity contribution >= 4 is 17.7 Å². The maximum atomic E-state index is 12.4. The van der Waals surface area contributed by atoms with Gasteiger partial charge in [-0.3, -0.25) is 4.79 Å². The van der Waals surface area contributed by atoms with Gasteiger partial charge in [0.05, 0.1) is 5.92 Å². The number of rotatable bonds is 4. The number of nitrogens with zero attached hydrogens (tertiary/aromatic N) is 1. The van der Waals surface area contributed by atoms with E-state index in [0.717, 1.165) is 0 Å². The first-order chi connectivity index (χ1) is 11.6. The SMILES string of the molecule is CC1CC(C(=O)O)CN(C(=O)Nc2cccc(CCC(F)(F)F)c2)C1. The molecule has 5 nitrogen and oxygen atoms in total. The van der Waals surface area contributed by atoms with E-state index in [1.165, 1.54) is 11.0 Å². The zero-order valence-electron chi connectivity index (χ0n) is 13.8. The van der Waals surface area contributed by atoms with Crippen molar-refractivity contribution in [3.8, 4) is 0 Å². The van der Waals surface area contributed by atoms with Crippen LogP contribution in [0.25, 0.3) is 0 Å². The number of likely N-dealkylation sites (tertiary alicyclic amines) is 1. The smallest absolute Gasteiger partial charge is 0.389 e. The molecule has 2 rings (SSSR count). The minimum absolute atomic E-state index is 0.0683. The van der Waals surface area contributed by atoms with E-state index in [9.17, 15) is 22.8 Å². The van der Waals surface area contributed by atoms with E-state index in [4.69, 9.17) is 5.11 Å². The number of carbonyl (C=O) groups excluding carboxylic acids is 1. The second-order valence-corrected chi connectivity index (χ2v) is 6.53. The molecule has 1 heterocycles. The quantitative estimate of drug-likeness (QED) is 0.861. The number of hydrogen-bond donors (Lipinski definition) is 2. The highest BCUT2D eigenvalue weighted by atomic mass is 19.4. The molecule has 8 heteroatoms. The van der Waals surface area contributed by atoms with Crippen molar-refractivity contribution in [1.82, 2.24) is 4.90 Å². The van der Waals surface area contributed by atoms with Gasteiger partial charge in [0.2, 0.25) is 0 Å². The number of carbonyl (C=O) groups is 2. The average molecular weight is 358 g/mol. The van der Waals surface area contributed by atoms with E-state index in [1.54, 1.807) is 18.2 Å². The fraction of sp³-hybridized carbons (Fsp3) is 0.529. The summed E-state index contributed by atoms with van der Waals surface area (Å²) in [6.07, 6.45) is -4.79. The molecular weight excluding hydrogens is 337 g/mol. The van der Waals surface area contributed by atoms with Crippen LogP contribution in [0.15, 0.2) is 24.3 Å². The van der Waals surface area contributed by atoms with Crippen LogP contribution in [0.2, 0.25) is 0 Å². The highest BCUT2D eigenvalue weighted by molar-refractivity contribution is 5.89. The number of carboxylic acids is 1. The van der Waals surface area contributed by atoms with Crippen LogP contribution in [0, 0.1) is 11.8 Å². The van der Waals surface area contributed by atoms with Gasteiger partial charge in [0.1, 0.15) is 0 Å². The molecule has 1 aromatic carbocycles. The Morgan fingerprint density at radius 3 is 2.68 bits per heavy atom. The van der Waals surface area contributed by atoms with Crippen molar-refractivity contribution in [1.29, 1.82) is 0 Å². The number of carboxylic acid groups (broad SMARTS) is 1. The van der Waals surface area contributed by atoms with Crippen LogP contribution in [0.1, 0.15) is 25.3 Å². The number of nitrogens with one attached hydrogen (secondary N) is 1. The zero-order valence-corrected chi connectivity index (χ0v) is 13.8. The Kier molecular flexibility index (Phi) is 5.92. The van der Waals surface area contributed by atoms with E-state index in [2.05, 4.69) is 5.32 Å². The third kappa shape index (κ3) is 5.95. The fourth-order valence-corrected chi connectivity index (χ4v) is 2.99. The third-order valence-corrected chi connectivity index (χ3v) is 4.17. The summed E-state index contributed by atoms with van der Waals surface area (Å²) >= 11 is 0. The van der Waals surface area contributed by atoms with Crippen molar-refractivity contribution in [2.75, 3.05) is 18.4 Å². The molecule has 2 N–H and O–H groups in total. The van der Waals surface area contributed by atoms with Crippen LogP contribution >= 0.6 is 0 Å². The summed E-state index contributed by atoms with van der Waals surface area (Å²) in [4.78, 5) is 25.0. The molecule has 1 fully saturated rings. The lowest BCUT2D eigenvalue weighted by Gasteiger charge is -2.34. The molecule has 25 heavy (non-hydrogen) atoms. The normalized spacial score (nSPS) is 21.0. The first-order valence-electron chi connectivity index (χ1n) is 8.08. The number of aliphatic carboxylic acids is 1. The Labute approximate surface area is 143 Å². The van der Waals surface area contributed by atoms with Crippen molar-refractivity contribution in [3.05, 3.63) is 29.8 Å². The minimum atomic E-state index is -4.23. The lowest BCUT2D eigenvalue weighted by atomic mass is 9.91. The Morgan fingerprint density at radius 2 is 2.04 bits per heavy atom. The Hall–Kier alpha value is -2.25. The summed E-state index contributed by atoms with van der Waals surface area (Å²) in [6, 6.07) is 5.82. The molecular formula is C17H21F3N2O3. The number of alkyl halides is 3. The molecule has 0 saturated carbocycles. The number of hydrogen-bond acceptors (Lipinski definition) is 2. The van der Waals surface area contributed by atoms with E-state index in [-0.39, 0.29) is 18.9 Å². The molecule has 0 radical (unpaired) electrons. The van der Waals surface area contributed by atoms with Crippen LogP contribution < -0.4 is 5.32 Å². The second kappa shape index (κ2) is 7.76. The van der Waals surface area contributed by atoms with Gasteiger partial charge in [-0.15, -0.1) is 0 Å². The Bertz CT molecular complexity index is 634. The number of amides is 2. The molecule has 2 amide bonds. The summed E-state index contributed by atoms with van der Waals surface area (Å²) in [5, 5.41) is 11.8. The zero-order chi connectivity index (χ0) is 18.6. The number of piperidine rings is 1. The van der Waals surface area contributed by atoms with Crippen LogP contribution in [-0.2, 0) is 11.2 Å². The van der Waals surface area contributed by atoms with Gasteiger partial charge in [-0.2, -0.15) is 13.2 Å². The highest BCUT2D eigenvalue weighted by Crippen LogP contribution is 2.24. The van der Waals surface area contributed by atoms with Gasteiger partial charge in [-0.25, -0.2) is 4.79 Å². The van der Waals surface area contributed by atoms with Crippen molar-refractivity contribution < 1.29 is 27.9 Å². The van der Waals surface area contributed by atoms with Gasteiger partial charge in [0.25, 0.3) is 0 Å². The molecule has 2 unspecified atom stereocenters. The molecule has 0 aliphatic carbocycles. The van der Waals surface area contributed by atoms with Crippen molar-refractivity contribution in [3.63, 3.8) is 0 Å². The van der Waals surface area contributed by atoms with Crippen LogP contribution in [-0.4, -0.2) is 41.3 Å². The second-order valence-electron chi connectivity index (χ2n) is 6.53. The summed E-state index contributed by atoms with van der Waals surface area (Å²) in [5.74, 6) is -1.47. The van der Waals surface area contributed by atoms with Crippen LogP contribution in [0.3, 0.4) is 0 Å². The number of urea groups is 1. The maximum Gasteiger partial charge on any atom is 0.389 e. The summed E-state index contributed by atoms with van der Waals surface area (Å²) in [7, 11) is 0. The summed E-state index contributed by atoms with van der Waals surface area (Å²) < 4.78 is 36.9. The van der Waals surface area contributed by atoms with Gasteiger partial charge in [-0.05, 0) is 36.5 Å². The Balaban J connectivity index is 1.99. The van der Waals surface area contributed by atoms with Crippen molar-refractivity contribution in [2.24, 2.45) is 11.8 Å². The molecule has 0 spiro atoms. The van der Waals surface area contributed by atoms with Gasteiger partial charge >= 0.3 is 18.2 Å². The number of anilines is 1. The largest absolute Gasteiger partial charge is 0.481 e. The number of benzene rings is 1. The first kappa shape index (κ1) is 19.1. The molecule has 0 bridgehead atoms. The first-order valence-corrected chi connectivity index (χ1v) is 8.08. The minimum Gasteiger partial charge on any atom is -0.481 e. The lowest BCUT2D eigenvalue weighted by Crippen LogP contribution is -2.47. The predicted octanol–water partition coefficient (Wildman–Crippen LogP) is 3.76. The molecule has 1 saturated heterocycles. The monoisotopic (exact) mass is 358 g/mol. The van der Waals surface area contributed by atoms with Crippen LogP contribution in [0.5, 0.6) is 0 Å². The summed E-state index contributed by atoms with van der Waals surface area (Å²) in [5.41, 5.74) is 0.875. The number of aryl methyl sites for hydroxylation is 1. The molecule has 1 aliphatic rings. The molecule has 1 aliphatic heterocycles.